The van der Waals surface area contributed by atoms with Crippen molar-refractivity contribution in [2.45, 2.75) is 38.5 Å². The lowest BCUT2D eigenvalue weighted by Crippen LogP contribution is -2.38. The van der Waals surface area contributed by atoms with E-state index in [2.05, 4.69) is 17.2 Å². The third kappa shape index (κ3) is 5.46. The number of carbonyl (C=O) groups excluding carboxylic acids is 1. The second-order valence-electron chi connectivity index (χ2n) is 8.15. The van der Waals surface area contributed by atoms with Crippen molar-refractivity contribution in [3.8, 4) is 5.88 Å². The third-order valence-corrected chi connectivity index (χ3v) is 7.81. The highest BCUT2D eigenvalue weighted by Crippen LogP contribution is 2.29. The van der Waals surface area contributed by atoms with Crippen LogP contribution in [0.5, 0.6) is 5.88 Å². The molecule has 32 heavy (non-hydrogen) atoms. The molecule has 2 aromatic rings. The van der Waals surface area contributed by atoms with Crippen molar-refractivity contribution in [1.29, 1.82) is 0 Å². The summed E-state index contributed by atoms with van der Waals surface area (Å²) in [5.74, 6) is 0.361. The van der Waals surface area contributed by atoms with Crippen LogP contribution in [0, 0.1) is 19.8 Å². The van der Waals surface area contributed by atoms with Crippen LogP contribution >= 0.6 is 0 Å². The van der Waals surface area contributed by atoms with Gasteiger partial charge in [-0.2, -0.15) is 4.31 Å². The van der Waals surface area contributed by atoms with Gasteiger partial charge in [-0.1, -0.05) is 6.92 Å². The summed E-state index contributed by atoms with van der Waals surface area (Å²) in [7, 11) is -2.12. The number of piperidine rings is 1. The van der Waals surface area contributed by atoms with Crippen LogP contribution in [-0.2, 0) is 14.8 Å². The van der Waals surface area contributed by atoms with Crippen LogP contribution in [0.1, 0.15) is 41.3 Å². The molecule has 1 aliphatic heterocycles. The molecule has 1 amide bonds. The molecule has 0 spiro atoms. The summed E-state index contributed by atoms with van der Waals surface area (Å²) >= 11 is 0. The van der Waals surface area contributed by atoms with E-state index in [9.17, 15) is 13.2 Å². The molecular weight excluding hydrogens is 430 g/mol. The first-order chi connectivity index (χ1) is 15.2. The number of nitrogens with one attached hydrogen (secondary N) is 1. The summed E-state index contributed by atoms with van der Waals surface area (Å²) < 4.78 is 38.8. The minimum atomic E-state index is -3.69. The van der Waals surface area contributed by atoms with E-state index in [1.54, 1.807) is 38.4 Å². The highest BCUT2D eigenvalue weighted by atomic mass is 32.2. The van der Waals surface area contributed by atoms with Crippen molar-refractivity contribution >= 4 is 21.6 Å². The topological polar surface area (TPSA) is 97.8 Å². The lowest BCUT2D eigenvalue weighted by Gasteiger charge is -2.30. The van der Waals surface area contributed by atoms with Crippen molar-refractivity contribution in [3.05, 3.63) is 47.2 Å². The molecule has 1 aromatic heterocycles. The highest BCUT2D eigenvalue weighted by Gasteiger charge is 2.30. The number of amides is 1. The molecule has 1 aromatic carbocycles. The van der Waals surface area contributed by atoms with E-state index < -0.39 is 15.9 Å². The summed E-state index contributed by atoms with van der Waals surface area (Å²) in [4.78, 5) is 17.4. The predicted octanol–water partition coefficient (Wildman–Crippen LogP) is 3.40. The SMILES string of the molecule is COCCOc1ncccc1NC(=O)c1cc(C)c(C)c(S(=O)(=O)N2CCC(C)CC2)c1. The summed E-state index contributed by atoms with van der Waals surface area (Å²) in [6, 6.07) is 6.53. The van der Waals surface area contributed by atoms with Gasteiger partial charge in [-0.05, 0) is 68.0 Å². The Morgan fingerprint density at radius 2 is 1.94 bits per heavy atom. The maximum absolute atomic E-state index is 13.4. The number of sulfonamides is 1. The number of nitrogens with zero attached hydrogens (tertiary/aromatic N) is 2. The Labute approximate surface area is 190 Å². The number of hydrogen-bond donors (Lipinski definition) is 1. The molecule has 1 fully saturated rings. The number of rotatable bonds is 8. The molecule has 9 heteroatoms. The molecule has 174 valence electrons. The molecule has 0 atom stereocenters. The second kappa shape index (κ2) is 10.4. The lowest BCUT2D eigenvalue weighted by molar-refractivity contribution is 0.102. The van der Waals surface area contributed by atoms with Crippen LogP contribution in [0.2, 0.25) is 0 Å². The molecule has 1 aliphatic rings. The van der Waals surface area contributed by atoms with E-state index in [1.165, 1.54) is 10.4 Å². The molecule has 8 nitrogen and oxygen atoms in total. The number of hydrogen-bond acceptors (Lipinski definition) is 6. The van der Waals surface area contributed by atoms with Crippen molar-refractivity contribution in [2.24, 2.45) is 5.92 Å². The summed E-state index contributed by atoms with van der Waals surface area (Å²) in [5, 5.41) is 2.79. The van der Waals surface area contributed by atoms with Crippen LogP contribution in [0.3, 0.4) is 0 Å². The number of ether oxygens (including phenoxy) is 2. The molecule has 3 rings (SSSR count). The second-order valence-corrected chi connectivity index (χ2v) is 10.1. The van der Waals surface area contributed by atoms with Gasteiger partial charge >= 0.3 is 0 Å². The molecule has 0 unspecified atom stereocenters. The van der Waals surface area contributed by atoms with Gasteiger partial charge in [0, 0.05) is 32.0 Å². The number of aryl methyl sites for hydroxylation is 1. The first-order valence-corrected chi connectivity index (χ1v) is 12.2. The fourth-order valence-electron chi connectivity index (χ4n) is 3.61. The zero-order chi connectivity index (χ0) is 23.3. The number of benzene rings is 1. The van der Waals surface area contributed by atoms with E-state index in [0.717, 1.165) is 18.4 Å². The minimum Gasteiger partial charge on any atom is -0.474 e. The molecule has 2 heterocycles. The normalized spacial score (nSPS) is 15.5. The maximum Gasteiger partial charge on any atom is 0.255 e. The summed E-state index contributed by atoms with van der Waals surface area (Å²) in [6.07, 6.45) is 3.24. The Balaban J connectivity index is 1.87. The Morgan fingerprint density at radius 1 is 1.22 bits per heavy atom. The third-order valence-electron chi connectivity index (χ3n) is 5.79. The van der Waals surface area contributed by atoms with Crippen molar-refractivity contribution in [3.63, 3.8) is 0 Å². The van der Waals surface area contributed by atoms with E-state index in [4.69, 9.17) is 9.47 Å². The van der Waals surface area contributed by atoms with Gasteiger partial charge in [-0.25, -0.2) is 13.4 Å². The largest absolute Gasteiger partial charge is 0.474 e. The molecular formula is C23H31N3O5S. The van der Waals surface area contributed by atoms with Crippen LogP contribution < -0.4 is 10.1 Å². The van der Waals surface area contributed by atoms with Gasteiger partial charge in [0.15, 0.2) is 0 Å². The van der Waals surface area contributed by atoms with Gasteiger partial charge in [-0.15, -0.1) is 0 Å². The molecule has 0 radical (unpaired) electrons. The number of carbonyl (C=O) groups is 1. The monoisotopic (exact) mass is 461 g/mol. The summed E-state index contributed by atoms with van der Waals surface area (Å²) in [5.41, 5.74) is 2.07. The number of pyridine rings is 1. The van der Waals surface area contributed by atoms with E-state index >= 15 is 0 Å². The maximum atomic E-state index is 13.4. The van der Waals surface area contributed by atoms with Gasteiger partial charge in [0.2, 0.25) is 15.9 Å². The fraction of sp³-hybridized carbons (Fsp3) is 0.478. The zero-order valence-electron chi connectivity index (χ0n) is 19.1. The number of aromatic nitrogens is 1. The van der Waals surface area contributed by atoms with Crippen LogP contribution in [0.15, 0.2) is 35.4 Å². The quantitative estimate of drug-likeness (QED) is 0.605. The molecule has 1 N–H and O–H groups in total. The van der Waals surface area contributed by atoms with Gasteiger partial charge < -0.3 is 14.8 Å². The van der Waals surface area contributed by atoms with E-state index in [0.29, 0.717) is 36.9 Å². The molecule has 0 saturated carbocycles. The van der Waals surface area contributed by atoms with Gasteiger partial charge in [0.25, 0.3) is 5.91 Å². The predicted molar refractivity (Wildman–Crippen MR) is 123 cm³/mol. The fourth-order valence-corrected chi connectivity index (χ4v) is 5.40. The molecule has 0 bridgehead atoms. The Hall–Kier alpha value is -2.49. The lowest BCUT2D eigenvalue weighted by atomic mass is 10.0. The van der Waals surface area contributed by atoms with Gasteiger partial charge in [-0.3, -0.25) is 4.79 Å². The number of anilines is 1. The standard InChI is InChI=1S/C23H31N3O5S/c1-16-7-10-26(11-8-16)32(28,29)21-15-19(14-17(2)18(21)3)22(27)25-20-6-5-9-24-23(20)31-13-12-30-4/h5-6,9,14-16H,7-8,10-13H2,1-4H3,(H,25,27). The van der Waals surface area contributed by atoms with Crippen molar-refractivity contribution < 1.29 is 22.7 Å². The summed E-state index contributed by atoms with van der Waals surface area (Å²) in [6.45, 7) is 7.39. The minimum absolute atomic E-state index is 0.181. The average molecular weight is 462 g/mol. The Morgan fingerprint density at radius 3 is 2.62 bits per heavy atom. The smallest absolute Gasteiger partial charge is 0.255 e. The van der Waals surface area contributed by atoms with Crippen LogP contribution in [-0.4, -0.2) is 57.0 Å². The Kier molecular flexibility index (Phi) is 7.86. The first-order valence-electron chi connectivity index (χ1n) is 10.7. The Bertz CT molecular complexity index is 1060. The van der Waals surface area contributed by atoms with Crippen LogP contribution in [0.4, 0.5) is 5.69 Å². The molecule has 1 saturated heterocycles. The highest BCUT2D eigenvalue weighted by molar-refractivity contribution is 7.89. The number of methoxy groups -OCH3 is 1. The van der Waals surface area contributed by atoms with Crippen molar-refractivity contribution in [1.82, 2.24) is 9.29 Å². The van der Waals surface area contributed by atoms with Crippen molar-refractivity contribution in [2.75, 3.05) is 38.7 Å². The molecule has 0 aliphatic carbocycles. The van der Waals surface area contributed by atoms with Gasteiger partial charge in [0.05, 0.1) is 11.5 Å². The average Bonchev–Trinajstić information content (AvgIpc) is 2.77. The van der Waals surface area contributed by atoms with Gasteiger partial charge in [0.1, 0.15) is 12.3 Å². The first kappa shape index (κ1) is 24.2. The van der Waals surface area contributed by atoms with Crippen LogP contribution in [0.25, 0.3) is 0 Å². The zero-order valence-corrected chi connectivity index (χ0v) is 19.9. The van der Waals surface area contributed by atoms with E-state index in [1.807, 2.05) is 6.92 Å². The van der Waals surface area contributed by atoms with E-state index in [-0.39, 0.29) is 22.9 Å².